The Kier molecular flexibility index (Phi) is 7.85. The third-order valence-electron chi connectivity index (χ3n) is 0.985. The lowest BCUT2D eigenvalue weighted by Crippen LogP contribution is -1.74. The van der Waals surface area contributed by atoms with E-state index in [0.717, 1.165) is 13.2 Å². The SMILES string of the molecule is C1CCOC1.[CH2]CCO. The molecule has 1 aliphatic rings. The summed E-state index contributed by atoms with van der Waals surface area (Å²) in [7, 11) is 0. The van der Waals surface area contributed by atoms with Crippen LogP contribution in [0.1, 0.15) is 19.3 Å². The molecular weight excluding hydrogens is 116 g/mol. The van der Waals surface area contributed by atoms with Crippen LogP contribution in [0.15, 0.2) is 0 Å². The molecule has 1 radical (unpaired) electrons. The first-order chi connectivity index (χ1) is 4.41. The van der Waals surface area contributed by atoms with Crippen LogP contribution < -0.4 is 0 Å². The quantitative estimate of drug-likeness (QED) is 0.575. The summed E-state index contributed by atoms with van der Waals surface area (Å²) >= 11 is 0. The van der Waals surface area contributed by atoms with Crippen molar-refractivity contribution in [1.29, 1.82) is 0 Å². The van der Waals surface area contributed by atoms with E-state index in [-0.39, 0.29) is 6.61 Å². The summed E-state index contributed by atoms with van der Waals surface area (Å²) in [6.07, 6.45) is 3.18. The zero-order valence-corrected chi connectivity index (χ0v) is 5.81. The Morgan fingerprint density at radius 3 is 1.89 bits per heavy atom. The largest absolute Gasteiger partial charge is 0.396 e. The fourth-order valence-corrected chi connectivity index (χ4v) is 0.510. The van der Waals surface area contributed by atoms with Crippen LogP contribution in [0.3, 0.4) is 0 Å². The molecule has 1 saturated heterocycles. The monoisotopic (exact) mass is 131 g/mol. The van der Waals surface area contributed by atoms with E-state index in [4.69, 9.17) is 9.84 Å². The van der Waals surface area contributed by atoms with Gasteiger partial charge in [-0.25, -0.2) is 0 Å². The highest BCUT2D eigenvalue weighted by molar-refractivity contribution is 4.43. The van der Waals surface area contributed by atoms with Gasteiger partial charge in [0.2, 0.25) is 0 Å². The van der Waals surface area contributed by atoms with Crippen molar-refractivity contribution in [3.8, 4) is 0 Å². The van der Waals surface area contributed by atoms with Crippen molar-refractivity contribution < 1.29 is 9.84 Å². The van der Waals surface area contributed by atoms with Crippen LogP contribution in [0.5, 0.6) is 0 Å². The van der Waals surface area contributed by atoms with E-state index in [1.807, 2.05) is 0 Å². The summed E-state index contributed by atoms with van der Waals surface area (Å²) in [5.41, 5.74) is 0. The van der Waals surface area contributed by atoms with Gasteiger partial charge in [-0.05, 0) is 19.3 Å². The minimum Gasteiger partial charge on any atom is -0.396 e. The minimum atomic E-state index is 0.208. The maximum Gasteiger partial charge on any atom is 0.0466 e. The van der Waals surface area contributed by atoms with Gasteiger partial charge in [0.1, 0.15) is 0 Å². The van der Waals surface area contributed by atoms with Gasteiger partial charge in [0.05, 0.1) is 0 Å². The molecule has 55 valence electrons. The van der Waals surface area contributed by atoms with Crippen molar-refractivity contribution in [3.63, 3.8) is 0 Å². The predicted octanol–water partition coefficient (Wildman–Crippen LogP) is 1.000. The summed E-state index contributed by atoms with van der Waals surface area (Å²) < 4.78 is 4.94. The maximum absolute atomic E-state index is 7.81. The Morgan fingerprint density at radius 2 is 1.78 bits per heavy atom. The average Bonchev–Trinajstić information content (AvgIpc) is 2.43. The second-order valence-electron chi connectivity index (χ2n) is 1.90. The first-order valence-electron chi connectivity index (χ1n) is 3.39. The fourth-order valence-electron chi connectivity index (χ4n) is 0.510. The van der Waals surface area contributed by atoms with E-state index < -0.39 is 0 Å². The van der Waals surface area contributed by atoms with E-state index in [1.165, 1.54) is 12.8 Å². The number of hydrogen-bond acceptors (Lipinski definition) is 2. The molecule has 1 heterocycles. The Labute approximate surface area is 56.8 Å². The molecule has 2 nitrogen and oxygen atoms in total. The molecule has 0 spiro atoms. The van der Waals surface area contributed by atoms with Gasteiger partial charge in [-0.3, -0.25) is 0 Å². The van der Waals surface area contributed by atoms with Gasteiger partial charge in [-0.2, -0.15) is 0 Å². The Balaban J connectivity index is 0.000000148. The standard InChI is InChI=1S/C4H8O.C3H7O/c1-2-4-5-3-1;1-2-3-4/h1-4H2;4H,1-3H2. The third-order valence-corrected chi connectivity index (χ3v) is 0.985. The summed E-state index contributed by atoms with van der Waals surface area (Å²) in [6, 6.07) is 0. The number of ether oxygens (including phenoxy) is 1. The van der Waals surface area contributed by atoms with Crippen molar-refractivity contribution in [3.05, 3.63) is 6.92 Å². The second-order valence-corrected chi connectivity index (χ2v) is 1.90. The van der Waals surface area contributed by atoms with Crippen LogP contribution >= 0.6 is 0 Å². The number of rotatable bonds is 1. The van der Waals surface area contributed by atoms with Crippen molar-refractivity contribution in [2.75, 3.05) is 19.8 Å². The van der Waals surface area contributed by atoms with Crippen LogP contribution in [0.2, 0.25) is 0 Å². The molecule has 0 unspecified atom stereocenters. The van der Waals surface area contributed by atoms with Crippen molar-refractivity contribution in [2.24, 2.45) is 0 Å². The molecule has 0 bridgehead atoms. The highest BCUT2D eigenvalue weighted by Crippen LogP contribution is 1.98. The molecule has 9 heavy (non-hydrogen) atoms. The smallest absolute Gasteiger partial charge is 0.0466 e. The zero-order valence-electron chi connectivity index (χ0n) is 5.81. The fraction of sp³-hybridized carbons (Fsp3) is 0.857. The van der Waals surface area contributed by atoms with Gasteiger partial charge in [0.25, 0.3) is 0 Å². The number of hydrogen-bond donors (Lipinski definition) is 1. The van der Waals surface area contributed by atoms with Gasteiger partial charge in [-0.15, -0.1) is 0 Å². The molecule has 0 aromatic rings. The Bertz CT molecular complexity index is 32.6. The summed E-state index contributed by atoms with van der Waals surface area (Å²) in [5.74, 6) is 0. The molecule has 2 heteroatoms. The van der Waals surface area contributed by atoms with Crippen molar-refractivity contribution in [1.82, 2.24) is 0 Å². The molecule has 0 aromatic heterocycles. The molecule has 1 rings (SSSR count). The average molecular weight is 131 g/mol. The van der Waals surface area contributed by atoms with Crippen molar-refractivity contribution >= 4 is 0 Å². The summed E-state index contributed by atoms with van der Waals surface area (Å²) in [5, 5.41) is 7.81. The van der Waals surface area contributed by atoms with E-state index in [0.29, 0.717) is 6.42 Å². The van der Waals surface area contributed by atoms with Crippen LogP contribution in [-0.4, -0.2) is 24.9 Å². The predicted molar refractivity (Wildman–Crippen MR) is 37.1 cm³/mol. The van der Waals surface area contributed by atoms with Crippen molar-refractivity contribution in [2.45, 2.75) is 19.3 Å². The van der Waals surface area contributed by atoms with E-state index in [2.05, 4.69) is 6.92 Å². The highest BCUT2D eigenvalue weighted by Gasteiger charge is 1.94. The lowest BCUT2D eigenvalue weighted by molar-refractivity contribution is 0.198. The zero-order chi connectivity index (χ0) is 6.95. The summed E-state index contributed by atoms with van der Waals surface area (Å²) in [4.78, 5) is 0. The van der Waals surface area contributed by atoms with Gasteiger partial charge < -0.3 is 9.84 Å². The molecule has 1 aliphatic heterocycles. The topological polar surface area (TPSA) is 29.5 Å². The number of aliphatic hydroxyl groups is 1. The first-order valence-corrected chi connectivity index (χ1v) is 3.39. The normalized spacial score (nSPS) is 16.7. The molecule has 1 N–H and O–H groups in total. The van der Waals surface area contributed by atoms with E-state index in [9.17, 15) is 0 Å². The highest BCUT2D eigenvalue weighted by atomic mass is 16.5. The summed E-state index contributed by atoms with van der Waals surface area (Å²) in [6.45, 7) is 5.56. The van der Waals surface area contributed by atoms with Gasteiger partial charge >= 0.3 is 0 Å². The second kappa shape index (κ2) is 7.92. The van der Waals surface area contributed by atoms with Crippen LogP contribution in [-0.2, 0) is 4.74 Å². The van der Waals surface area contributed by atoms with Gasteiger partial charge in [0, 0.05) is 19.8 Å². The lowest BCUT2D eigenvalue weighted by Gasteiger charge is -1.76. The van der Waals surface area contributed by atoms with Gasteiger partial charge in [0.15, 0.2) is 0 Å². The Morgan fingerprint density at radius 1 is 1.33 bits per heavy atom. The minimum absolute atomic E-state index is 0.208. The van der Waals surface area contributed by atoms with Crippen LogP contribution in [0, 0.1) is 6.92 Å². The van der Waals surface area contributed by atoms with E-state index in [1.54, 1.807) is 0 Å². The molecule has 1 fully saturated rings. The first kappa shape index (κ1) is 8.92. The third kappa shape index (κ3) is 7.92. The molecule has 0 aromatic carbocycles. The lowest BCUT2D eigenvalue weighted by atomic mass is 10.4. The molecular formula is C7H15O2. The molecule has 0 atom stereocenters. The number of aliphatic hydroxyl groups excluding tert-OH is 1. The van der Waals surface area contributed by atoms with Gasteiger partial charge in [-0.1, -0.05) is 6.92 Å². The van der Waals surface area contributed by atoms with E-state index >= 15 is 0 Å². The molecule has 0 saturated carbocycles. The van der Waals surface area contributed by atoms with Crippen LogP contribution in [0.4, 0.5) is 0 Å². The Hall–Kier alpha value is -0.0800. The molecule has 0 aliphatic carbocycles. The molecule has 0 amide bonds. The maximum atomic E-state index is 7.81. The van der Waals surface area contributed by atoms with Crippen LogP contribution in [0.25, 0.3) is 0 Å².